The van der Waals surface area contributed by atoms with Crippen molar-refractivity contribution in [1.29, 1.82) is 0 Å². The first-order valence-corrected chi connectivity index (χ1v) is 5.44. The first-order valence-electron chi connectivity index (χ1n) is 5.44. The van der Waals surface area contributed by atoms with Crippen molar-refractivity contribution in [2.24, 2.45) is 0 Å². The highest BCUT2D eigenvalue weighted by atomic mass is 16.4. The highest BCUT2D eigenvalue weighted by Crippen LogP contribution is 2.44. The molecule has 3 nitrogen and oxygen atoms in total. The van der Waals surface area contributed by atoms with E-state index in [0.717, 1.165) is 16.7 Å². The van der Waals surface area contributed by atoms with E-state index in [4.69, 9.17) is 0 Å². The maximum Gasteiger partial charge on any atom is 0.314 e. The molecule has 1 aliphatic carbocycles. The molecule has 0 amide bonds. The summed E-state index contributed by atoms with van der Waals surface area (Å²) in [5.74, 6) is -0.831. The summed E-state index contributed by atoms with van der Waals surface area (Å²) < 4.78 is 0. The molecule has 0 radical (unpaired) electrons. The van der Waals surface area contributed by atoms with E-state index in [0.29, 0.717) is 12.8 Å². The number of carbonyl (C=O) groups is 1. The van der Waals surface area contributed by atoms with Gasteiger partial charge >= 0.3 is 5.97 Å². The summed E-state index contributed by atoms with van der Waals surface area (Å²) in [6.45, 7) is 3.92. The Morgan fingerprint density at radius 3 is 2.12 bits per heavy atom. The molecule has 0 spiro atoms. The number of aliphatic hydroxyl groups excluding tert-OH is 1. The van der Waals surface area contributed by atoms with Gasteiger partial charge in [0.25, 0.3) is 0 Å². The van der Waals surface area contributed by atoms with Crippen LogP contribution >= 0.6 is 0 Å². The van der Waals surface area contributed by atoms with Crippen LogP contribution in [-0.4, -0.2) is 22.3 Å². The normalized spacial score (nSPS) is 28.6. The Morgan fingerprint density at radius 1 is 1.25 bits per heavy atom. The number of hydrogen-bond donors (Lipinski definition) is 2. The Morgan fingerprint density at radius 2 is 1.75 bits per heavy atom. The zero-order chi connectivity index (χ0) is 11.9. The van der Waals surface area contributed by atoms with E-state index in [-0.39, 0.29) is 0 Å². The van der Waals surface area contributed by atoms with E-state index in [1.807, 2.05) is 32.0 Å². The summed E-state index contributed by atoms with van der Waals surface area (Å²) in [4.78, 5) is 11.4. The predicted octanol–water partition coefficient (Wildman–Crippen LogP) is 1.78. The number of carboxylic acid groups (broad SMARTS) is 1. The number of benzene rings is 1. The second-order valence-electron chi connectivity index (χ2n) is 4.83. The maximum absolute atomic E-state index is 11.4. The van der Waals surface area contributed by atoms with E-state index in [2.05, 4.69) is 0 Å². The lowest BCUT2D eigenvalue weighted by molar-refractivity contribution is -0.152. The number of aryl methyl sites for hydroxylation is 2. The van der Waals surface area contributed by atoms with Gasteiger partial charge in [0.15, 0.2) is 0 Å². The third kappa shape index (κ3) is 1.61. The first kappa shape index (κ1) is 11.1. The lowest BCUT2D eigenvalue weighted by atomic mass is 9.62. The Hall–Kier alpha value is -1.35. The average molecular weight is 220 g/mol. The molecule has 3 heteroatoms. The van der Waals surface area contributed by atoms with E-state index in [1.165, 1.54) is 0 Å². The molecule has 0 heterocycles. The summed E-state index contributed by atoms with van der Waals surface area (Å²) in [5.41, 5.74) is 2.09. The molecular formula is C13H16O3. The van der Waals surface area contributed by atoms with Crippen LogP contribution in [-0.2, 0) is 10.2 Å². The van der Waals surface area contributed by atoms with E-state index in [9.17, 15) is 15.0 Å². The van der Waals surface area contributed by atoms with Crippen LogP contribution in [0.3, 0.4) is 0 Å². The zero-order valence-corrected chi connectivity index (χ0v) is 9.53. The van der Waals surface area contributed by atoms with Gasteiger partial charge in [-0.1, -0.05) is 29.3 Å². The van der Waals surface area contributed by atoms with Gasteiger partial charge in [-0.25, -0.2) is 0 Å². The third-order valence-corrected chi connectivity index (χ3v) is 3.35. The fraction of sp³-hybridized carbons (Fsp3) is 0.462. The Kier molecular flexibility index (Phi) is 2.50. The quantitative estimate of drug-likeness (QED) is 0.798. The van der Waals surface area contributed by atoms with Gasteiger partial charge in [0.1, 0.15) is 0 Å². The number of rotatable bonds is 2. The molecule has 86 valence electrons. The Labute approximate surface area is 94.7 Å². The average Bonchev–Trinajstić information content (AvgIpc) is 2.10. The van der Waals surface area contributed by atoms with Crippen LogP contribution in [0, 0.1) is 13.8 Å². The van der Waals surface area contributed by atoms with Crippen molar-refractivity contribution in [1.82, 2.24) is 0 Å². The van der Waals surface area contributed by atoms with Crippen LogP contribution in [0.1, 0.15) is 29.5 Å². The van der Waals surface area contributed by atoms with Crippen LogP contribution in [0.15, 0.2) is 18.2 Å². The Balaban J connectivity index is 2.45. The molecule has 16 heavy (non-hydrogen) atoms. The minimum absolute atomic E-state index is 0.325. The number of hydrogen-bond acceptors (Lipinski definition) is 2. The third-order valence-electron chi connectivity index (χ3n) is 3.35. The van der Waals surface area contributed by atoms with Crippen LogP contribution in [0.25, 0.3) is 0 Å². The zero-order valence-electron chi connectivity index (χ0n) is 9.53. The molecule has 1 fully saturated rings. The second kappa shape index (κ2) is 3.59. The molecule has 0 aliphatic heterocycles. The molecular weight excluding hydrogens is 204 g/mol. The highest BCUT2D eigenvalue weighted by Gasteiger charge is 2.51. The summed E-state index contributed by atoms with van der Waals surface area (Å²) in [5, 5.41) is 18.7. The van der Waals surface area contributed by atoms with Gasteiger partial charge in [0, 0.05) is 0 Å². The van der Waals surface area contributed by atoms with Gasteiger partial charge in [-0.05, 0) is 32.3 Å². The van der Waals surface area contributed by atoms with Gasteiger partial charge in [0.2, 0.25) is 0 Å². The van der Waals surface area contributed by atoms with Gasteiger partial charge < -0.3 is 10.2 Å². The fourth-order valence-corrected chi connectivity index (χ4v) is 2.53. The van der Waals surface area contributed by atoms with E-state index < -0.39 is 17.5 Å². The number of carboxylic acids is 1. The molecule has 1 saturated carbocycles. The standard InChI is InChI=1S/C13H16O3/c1-8-3-9(2)5-10(4-8)13(12(15)16)6-11(14)7-13/h3-5,11,14H,6-7H2,1-2H3,(H,15,16). The SMILES string of the molecule is Cc1cc(C)cc(C2(C(=O)O)CC(O)C2)c1. The molecule has 0 saturated heterocycles. The van der Waals surface area contributed by atoms with Crippen LogP contribution < -0.4 is 0 Å². The summed E-state index contributed by atoms with van der Waals surface area (Å²) in [6, 6.07) is 5.84. The van der Waals surface area contributed by atoms with Gasteiger partial charge in [-0.3, -0.25) is 4.79 Å². The van der Waals surface area contributed by atoms with Crippen molar-refractivity contribution >= 4 is 5.97 Å². The highest BCUT2D eigenvalue weighted by molar-refractivity contribution is 5.83. The number of aliphatic carboxylic acids is 1. The minimum atomic E-state index is -0.865. The molecule has 0 aromatic heterocycles. The molecule has 2 N–H and O–H groups in total. The largest absolute Gasteiger partial charge is 0.481 e. The molecule has 1 aromatic carbocycles. The molecule has 0 unspecified atom stereocenters. The lowest BCUT2D eigenvalue weighted by Gasteiger charge is -2.42. The van der Waals surface area contributed by atoms with Crippen molar-refractivity contribution < 1.29 is 15.0 Å². The summed E-state index contributed by atoms with van der Waals surface area (Å²) in [6.07, 6.45) is 0.174. The smallest absolute Gasteiger partial charge is 0.314 e. The van der Waals surface area contributed by atoms with Crippen LogP contribution in [0.4, 0.5) is 0 Å². The summed E-state index contributed by atoms with van der Waals surface area (Å²) in [7, 11) is 0. The molecule has 0 atom stereocenters. The van der Waals surface area contributed by atoms with E-state index in [1.54, 1.807) is 0 Å². The number of aliphatic hydroxyl groups is 1. The lowest BCUT2D eigenvalue weighted by Crippen LogP contribution is -2.50. The van der Waals surface area contributed by atoms with Crippen molar-refractivity contribution in [2.45, 2.75) is 38.2 Å². The van der Waals surface area contributed by atoms with Crippen LogP contribution in [0.5, 0.6) is 0 Å². The molecule has 1 aromatic rings. The van der Waals surface area contributed by atoms with Gasteiger partial charge in [-0.2, -0.15) is 0 Å². The van der Waals surface area contributed by atoms with Crippen molar-refractivity contribution in [3.8, 4) is 0 Å². The molecule has 2 rings (SSSR count). The van der Waals surface area contributed by atoms with Gasteiger partial charge in [-0.15, -0.1) is 0 Å². The summed E-state index contributed by atoms with van der Waals surface area (Å²) >= 11 is 0. The second-order valence-corrected chi connectivity index (χ2v) is 4.83. The maximum atomic E-state index is 11.4. The van der Waals surface area contributed by atoms with E-state index >= 15 is 0 Å². The minimum Gasteiger partial charge on any atom is -0.481 e. The Bertz CT molecular complexity index is 411. The van der Waals surface area contributed by atoms with Crippen molar-refractivity contribution in [3.05, 3.63) is 34.9 Å². The van der Waals surface area contributed by atoms with Gasteiger partial charge in [0.05, 0.1) is 11.5 Å². The topological polar surface area (TPSA) is 57.5 Å². The molecule has 1 aliphatic rings. The van der Waals surface area contributed by atoms with Crippen LogP contribution in [0.2, 0.25) is 0 Å². The predicted molar refractivity (Wildman–Crippen MR) is 60.5 cm³/mol. The van der Waals surface area contributed by atoms with Crippen molar-refractivity contribution in [2.75, 3.05) is 0 Å². The van der Waals surface area contributed by atoms with Crippen molar-refractivity contribution in [3.63, 3.8) is 0 Å². The monoisotopic (exact) mass is 220 g/mol. The first-order chi connectivity index (χ1) is 7.44. The fourth-order valence-electron chi connectivity index (χ4n) is 2.53. The molecule has 0 bridgehead atoms.